The molecule has 1 aromatic carbocycles. The summed E-state index contributed by atoms with van der Waals surface area (Å²) in [7, 11) is 0. The zero-order chi connectivity index (χ0) is 22.2. The number of hydrogen-bond donors (Lipinski definition) is 1. The van der Waals surface area contributed by atoms with Gasteiger partial charge < -0.3 is 10.1 Å². The summed E-state index contributed by atoms with van der Waals surface area (Å²) in [6.45, 7) is 3.27. The Labute approximate surface area is 190 Å². The third kappa shape index (κ3) is 18.0. The van der Waals surface area contributed by atoms with Crippen LogP contribution < -0.4 is 10.1 Å². The largest absolute Gasteiger partial charge is 0.492 e. The molecule has 3 heteroatoms. The Morgan fingerprint density at radius 1 is 0.806 bits per heavy atom. The molecule has 0 spiro atoms. The number of benzene rings is 1. The van der Waals surface area contributed by atoms with Gasteiger partial charge in [0.05, 0.1) is 6.54 Å². The van der Waals surface area contributed by atoms with E-state index >= 15 is 0 Å². The number of carbonyl (C=O) groups excluding carboxylic acids is 1. The lowest BCUT2D eigenvalue weighted by Gasteiger charge is -2.07. The molecule has 0 unspecified atom stereocenters. The number of hydrogen-bond acceptors (Lipinski definition) is 2. The average Bonchev–Trinajstić information content (AvgIpc) is 2.79. The number of ether oxygens (including phenoxy) is 1. The van der Waals surface area contributed by atoms with Gasteiger partial charge >= 0.3 is 0 Å². The molecule has 0 fully saturated rings. The number of allylic oxidation sites excluding steroid dienone is 8. The minimum absolute atomic E-state index is 0.0903. The van der Waals surface area contributed by atoms with Gasteiger partial charge in [0.15, 0.2) is 0 Å². The van der Waals surface area contributed by atoms with Crippen LogP contribution in [0.4, 0.5) is 0 Å². The van der Waals surface area contributed by atoms with Crippen LogP contribution in [0, 0.1) is 0 Å². The standard InChI is InChI=1S/C28H41NO2/c1-2-3-4-5-6-7-8-9-10-11-12-13-14-15-16-17-21-24-28(30)29-25-26-31-27-22-19-18-20-23-27/h6-7,9-10,12-13,15-16,18-20,22-23H,2-5,8,11,14,17,21,24-26H2,1H3,(H,29,30)/b7-6-,10-9-,13-12-,16-15-. The first-order valence-corrected chi connectivity index (χ1v) is 11.9. The smallest absolute Gasteiger partial charge is 0.220 e. The van der Waals surface area contributed by atoms with Crippen LogP contribution in [-0.2, 0) is 4.79 Å². The third-order valence-electron chi connectivity index (χ3n) is 4.67. The summed E-state index contributed by atoms with van der Waals surface area (Å²) in [6.07, 6.45) is 28.2. The van der Waals surface area contributed by atoms with Gasteiger partial charge in [-0.15, -0.1) is 0 Å². The Morgan fingerprint density at radius 3 is 2.00 bits per heavy atom. The van der Waals surface area contributed by atoms with E-state index in [0.29, 0.717) is 19.6 Å². The van der Waals surface area contributed by atoms with Crippen molar-refractivity contribution in [2.45, 2.75) is 71.1 Å². The van der Waals surface area contributed by atoms with E-state index in [9.17, 15) is 4.79 Å². The predicted molar refractivity (Wildman–Crippen MR) is 133 cm³/mol. The van der Waals surface area contributed by atoms with Crippen LogP contribution in [0.5, 0.6) is 5.75 Å². The molecule has 3 nitrogen and oxygen atoms in total. The lowest BCUT2D eigenvalue weighted by molar-refractivity contribution is -0.121. The summed E-state index contributed by atoms with van der Waals surface area (Å²) in [5.74, 6) is 0.921. The van der Waals surface area contributed by atoms with Crippen LogP contribution >= 0.6 is 0 Å². The summed E-state index contributed by atoms with van der Waals surface area (Å²) >= 11 is 0. The molecule has 31 heavy (non-hydrogen) atoms. The van der Waals surface area contributed by atoms with Crippen molar-refractivity contribution in [1.29, 1.82) is 0 Å². The second kappa shape index (κ2) is 20.7. The fourth-order valence-electron chi connectivity index (χ4n) is 2.91. The van der Waals surface area contributed by atoms with Gasteiger partial charge in [-0.2, -0.15) is 0 Å². The second-order valence-corrected chi connectivity index (χ2v) is 7.49. The van der Waals surface area contributed by atoms with Crippen molar-refractivity contribution in [3.63, 3.8) is 0 Å². The minimum atomic E-state index is 0.0903. The SMILES string of the molecule is CCCCC/C=C\C/C=C\C/C=C\C/C=C\CCCC(=O)NCCOc1ccccc1. The maximum atomic E-state index is 11.8. The van der Waals surface area contributed by atoms with Crippen molar-refractivity contribution in [1.82, 2.24) is 5.32 Å². The van der Waals surface area contributed by atoms with Gasteiger partial charge in [0, 0.05) is 6.42 Å². The molecule has 0 bridgehead atoms. The Balaban J connectivity index is 1.90. The average molecular weight is 424 g/mol. The molecule has 0 aliphatic heterocycles. The highest BCUT2D eigenvalue weighted by Gasteiger charge is 1.99. The van der Waals surface area contributed by atoms with Gasteiger partial charge in [-0.1, -0.05) is 86.6 Å². The molecule has 0 heterocycles. The van der Waals surface area contributed by atoms with Crippen LogP contribution in [0.1, 0.15) is 71.1 Å². The summed E-state index contributed by atoms with van der Waals surface area (Å²) in [6, 6.07) is 9.64. The van der Waals surface area contributed by atoms with Crippen molar-refractivity contribution in [3.8, 4) is 5.75 Å². The van der Waals surface area contributed by atoms with Crippen molar-refractivity contribution >= 4 is 5.91 Å². The molecule has 0 atom stereocenters. The van der Waals surface area contributed by atoms with Gasteiger partial charge in [-0.05, 0) is 57.1 Å². The normalized spacial score (nSPS) is 11.9. The molecular weight excluding hydrogens is 382 g/mol. The number of nitrogens with one attached hydrogen (secondary N) is 1. The van der Waals surface area contributed by atoms with E-state index in [1.807, 2.05) is 30.3 Å². The first kappa shape index (κ1) is 26.5. The molecule has 0 aromatic heterocycles. The van der Waals surface area contributed by atoms with E-state index in [-0.39, 0.29) is 5.91 Å². The molecule has 1 rings (SSSR count). The number of rotatable bonds is 18. The summed E-state index contributed by atoms with van der Waals surface area (Å²) in [4.78, 5) is 11.8. The fraction of sp³-hybridized carbons (Fsp3) is 0.464. The molecule has 1 N–H and O–H groups in total. The monoisotopic (exact) mass is 423 g/mol. The third-order valence-corrected chi connectivity index (χ3v) is 4.67. The Bertz CT molecular complexity index is 659. The topological polar surface area (TPSA) is 38.3 Å². The van der Waals surface area contributed by atoms with Crippen LogP contribution in [0.3, 0.4) is 0 Å². The highest BCUT2D eigenvalue weighted by molar-refractivity contribution is 5.75. The van der Waals surface area contributed by atoms with Crippen LogP contribution in [-0.4, -0.2) is 19.1 Å². The number of unbranched alkanes of at least 4 members (excludes halogenated alkanes) is 4. The van der Waals surface area contributed by atoms with E-state index in [1.54, 1.807) is 0 Å². The zero-order valence-corrected chi connectivity index (χ0v) is 19.3. The van der Waals surface area contributed by atoms with Gasteiger partial charge in [0.25, 0.3) is 0 Å². The molecule has 0 saturated heterocycles. The summed E-state index contributed by atoms with van der Waals surface area (Å²) in [5, 5.41) is 2.90. The Kier molecular flexibility index (Phi) is 17.7. The van der Waals surface area contributed by atoms with Crippen molar-refractivity contribution in [2.75, 3.05) is 13.2 Å². The van der Waals surface area contributed by atoms with Gasteiger partial charge in [-0.3, -0.25) is 4.79 Å². The van der Waals surface area contributed by atoms with E-state index in [4.69, 9.17) is 4.74 Å². The quantitative estimate of drug-likeness (QED) is 0.198. The summed E-state index contributed by atoms with van der Waals surface area (Å²) in [5.41, 5.74) is 0. The highest BCUT2D eigenvalue weighted by Crippen LogP contribution is 2.07. The first-order valence-electron chi connectivity index (χ1n) is 11.9. The van der Waals surface area contributed by atoms with Crippen LogP contribution in [0.25, 0.3) is 0 Å². The van der Waals surface area contributed by atoms with Crippen LogP contribution in [0.2, 0.25) is 0 Å². The number of carbonyl (C=O) groups is 1. The second-order valence-electron chi connectivity index (χ2n) is 7.49. The first-order chi connectivity index (χ1) is 15.3. The van der Waals surface area contributed by atoms with Crippen molar-refractivity contribution in [3.05, 3.63) is 78.9 Å². The molecule has 0 saturated carbocycles. The van der Waals surface area contributed by atoms with Gasteiger partial charge in [0.1, 0.15) is 12.4 Å². The zero-order valence-electron chi connectivity index (χ0n) is 19.3. The minimum Gasteiger partial charge on any atom is -0.492 e. The van der Waals surface area contributed by atoms with E-state index in [0.717, 1.165) is 37.9 Å². The molecule has 1 aromatic rings. The molecule has 0 radical (unpaired) electrons. The maximum absolute atomic E-state index is 11.8. The van der Waals surface area contributed by atoms with Crippen molar-refractivity contribution < 1.29 is 9.53 Å². The molecule has 0 aliphatic rings. The fourth-order valence-corrected chi connectivity index (χ4v) is 2.91. The van der Waals surface area contributed by atoms with E-state index in [1.165, 1.54) is 25.7 Å². The highest BCUT2D eigenvalue weighted by atomic mass is 16.5. The lowest BCUT2D eigenvalue weighted by atomic mass is 10.2. The molecule has 170 valence electrons. The molecule has 1 amide bonds. The molecular formula is C28H41NO2. The number of amides is 1. The lowest BCUT2D eigenvalue weighted by Crippen LogP contribution is -2.27. The van der Waals surface area contributed by atoms with E-state index in [2.05, 4.69) is 60.8 Å². The predicted octanol–water partition coefficient (Wildman–Crippen LogP) is 7.33. The molecule has 0 aliphatic carbocycles. The van der Waals surface area contributed by atoms with Crippen molar-refractivity contribution in [2.24, 2.45) is 0 Å². The van der Waals surface area contributed by atoms with Gasteiger partial charge in [0.2, 0.25) is 5.91 Å². The Hall–Kier alpha value is -2.55. The van der Waals surface area contributed by atoms with E-state index < -0.39 is 0 Å². The van der Waals surface area contributed by atoms with Gasteiger partial charge in [-0.25, -0.2) is 0 Å². The summed E-state index contributed by atoms with van der Waals surface area (Å²) < 4.78 is 5.56. The number of para-hydroxylation sites is 1. The van der Waals surface area contributed by atoms with Crippen LogP contribution in [0.15, 0.2) is 78.9 Å². The maximum Gasteiger partial charge on any atom is 0.220 e. The Morgan fingerprint density at radius 2 is 1.39 bits per heavy atom.